The summed E-state index contributed by atoms with van der Waals surface area (Å²) < 4.78 is 1.18. The minimum Gasteiger partial charge on any atom is -0.306 e. The van der Waals surface area contributed by atoms with Crippen molar-refractivity contribution in [1.82, 2.24) is 9.78 Å². The van der Waals surface area contributed by atoms with E-state index in [0.717, 1.165) is 12.1 Å². The summed E-state index contributed by atoms with van der Waals surface area (Å²) >= 11 is 0. The predicted octanol–water partition coefficient (Wildman–Crippen LogP) is 0.983. The molecule has 5 heteroatoms. The number of benzene rings is 1. The molecule has 0 aliphatic carbocycles. The number of para-hydroxylation sites is 1. The van der Waals surface area contributed by atoms with Gasteiger partial charge >= 0.3 is 0 Å². The van der Waals surface area contributed by atoms with Gasteiger partial charge in [-0.1, -0.05) is 18.2 Å². The number of hydrogen-bond acceptors (Lipinski definition) is 3. The molecule has 0 unspecified atom stereocenters. The summed E-state index contributed by atoms with van der Waals surface area (Å²) in [4.78, 5) is 25.4. The van der Waals surface area contributed by atoms with Crippen LogP contribution in [0.5, 0.6) is 0 Å². The fourth-order valence-electron chi connectivity index (χ4n) is 2.30. The maximum atomic E-state index is 12.4. The number of hydrogen-bond donors (Lipinski definition) is 0. The lowest BCUT2D eigenvalue weighted by Crippen LogP contribution is -2.32. The third kappa shape index (κ3) is 1.93. The van der Waals surface area contributed by atoms with Crippen molar-refractivity contribution in [3.8, 4) is 0 Å². The number of aryl methyl sites for hydroxylation is 1. The van der Waals surface area contributed by atoms with E-state index in [9.17, 15) is 9.59 Å². The lowest BCUT2D eigenvalue weighted by molar-refractivity contribution is 0.0982. The van der Waals surface area contributed by atoms with Crippen molar-refractivity contribution in [3.63, 3.8) is 0 Å². The normalized spacial score (nSPS) is 13.4. The van der Waals surface area contributed by atoms with Gasteiger partial charge in [0.2, 0.25) is 0 Å². The Labute approximate surface area is 110 Å². The zero-order valence-electron chi connectivity index (χ0n) is 10.5. The molecule has 1 aliphatic rings. The maximum absolute atomic E-state index is 12.4. The van der Waals surface area contributed by atoms with Crippen molar-refractivity contribution >= 4 is 11.6 Å². The van der Waals surface area contributed by atoms with Crippen LogP contribution in [0.25, 0.3) is 0 Å². The fourth-order valence-corrected chi connectivity index (χ4v) is 2.30. The Kier molecular flexibility index (Phi) is 2.67. The molecule has 0 saturated carbocycles. The van der Waals surface area contributed by atoms with Crippen LogP contribution in [0.3, 0.4) is 0 Å². The predicted molar refractivity (Wildman–Crippen MR) is 71.3 cm³/mol. The lowest BCUT2D eigenvalue weighted by Gasteiger charge is -2.16. The Morgan fingerprint density at radius 1 is 1.21 bits per heavy atom. The third-order valence-corrected chi connectivity index (χ3v) is 3.31. The maximum Gasteiger partial charge on any atom is 0.278 e. The molecule has 5 nitrogen and oxygen atoms in total. The average molecular weight is 255 g/mol. The molecule has 0 spiro atoms. The highest BCUT2D eigenvalue weighted by Crippen LogP contribution is 2.28. The SMILES string of the molecule is Cn1nc(C(=O)N2CCc3ccccc32)ccc1=O. The van der Waals surface area contributed by atoms with E-state index in [1.54, 1.807) is 4.90 Å². The fraction of sp³-hybridized carbons (Fsp3) is 0.214. The molecule has 0 N–H and O–H groups in total. The molecular formula is C14H13N3O2. The highest BCUT2D eigenvalue weighted by Gasteiger charge is 2.26. The van der Waals surface area contributed by atoms with Crippen LogP contribution in [0, 0.1) is 0 Å². The topological polar surface area (TPSA) is 55.2 Å². The van der Waals surface area contributed by atoms with Crippen LogP contribution >= 0.6 is 0 Å². The summed E-state index contributed by atoms with van der Waals surface area (Å²) in [5.41, 5.74) is 2.17. The number of nitrogens with zero attached hydrogens (tertiary/aromatic N) is 3. The van der Waals surface area contributed by atoms with Crippen molar-refractivity contribution in [2.24, 2.45) is 7.05 Å². The minimum atomic E-state index is -0.224. The Hall–Kier alpha value is -2.43. The van der Waals surface area contributed by atoms with Gasteiger partial charge in [-0.05, 0) is 24.1 Å². The van der Waals surface area contributed by atoms with E-state index < -0.39 is 0 Å². The second-order valence-corrected chi connectivity index (χ2v) is 4.52. The zero-order chi connectivity index (χ0) is 13.4. The Morgan fingerprint density at radius 2 is 2.00 bits per heavy atom. The molecule has 2 aromatic rings. The van der Waals surface area contributed by atoms with E-state index >= 15 is 0 Å². The van der Waals surface area contributed by atoms with Crippen molar-refractivity contribution in [2.45, 2.75) is 6.42 Å². The van der Waals surface area contributed by atoms with Gasteiger partial charge < -0.3 is 4.90 Å². The largest absolute Gasteiger partial charge is 0.306 e. The number of carbonyl (C=O) groups excluding carboxylic acids is 1. The van der Waals surface area contributed by atoms with Gasteiger partial charge in [-0.25, -0.2) is 4.68 Å². The van der Waals surface area contributed by atoms with Crippen molar-refractivity contribution < 1.29 is 4.79 Å². The van der Waals surface area contributed by atoms with E-state index in [2.05, 4.69) is 5.10 Å². The number of fused-ring (bicyclic) bond motifs is 1. The monoisotopic (exact) mass is 255 g/mol. The van der Waals surface area contributed by atoms with Gasteiger partial charge in [0, 0.05) is 25.3 Å². The van der Waals surface area contributed by atoms with Crippen molar-refractivity contribution in [2.75, 3.05) is 11.4 Å². The Morgan fingerprint density at radius 3 is 2.79 bits per heavy atom. The first-order valence-corrected chi connectivity index (χ1v) is 6.11. The first kappa shape index (κ1) is 11.6. The highest BCUT2D eigenvalue weighted by atomic mass is 16.2. The number of aromatic nitrogens is 2. The molecule has 1 aromatic heterocycles. The van der Waals surface area contributed by atoms with Crippen molar-refractivity contribution in [1.29, 1.82) is 0 Å². The first-order valence-electron chi connectivity index (χ1n) is 6.11. The number of amides is 1. The highest BCUT2D eigenvalue weighted by molar-refractivity contribution is 6.05. The lowest BCUT2D eigenvalue weighted by atomic mass is 10.2. The molecule has 1 amide bonds. The molecule has 0 fully saturated rings. The first-order chi connectivity index (χ1) is 9.16. The summed E-state index contributed by atoms with van der Waals surface area (Å²) in [5, 5.41) is 4.00. The minimum absolute atomic E-state index is 0.166. The molecule has 0 saturated heterocycles. The molecule has 0 radical (unpaired) electrons. The smallest absolute Gasteiger partial charge is 0.278 e. The molecule has 0 bridgehead atoms. The van der Waals surface area contributed by atoms with Gasteiger partial charge in [-0.2, -0.15) is 5.10 Å². The van der Waals surface area contributed by atoms with Crippen LogP contribution in [0.1, 0.15) is 16.1 Å². The molecule has 1 aromatic carbocycles. The summed E-state index contributed by atoms with van der Waals surface area (Å²) in [6.45, 7) is 0.655. The number of carbonyl (C=O) groups is 1. The third-order valence-electron chi connectivity index (χ3n) is 3.31. The van der Waals surface area contributed by atoms with E-state index in [4.69, 9.17) is 0 Å². The van der Waals surface area contributed by atoms with E-state index in [1.165, 1.54) is 29.4 Å². The summed E-state index contributed by atoms with van der Waals surface area (Å²) in [7, 11) is 1.54. The van der Waals surface area contributed by atoms with Crippen LogP contribution < -0.4 is 10.5 Å². The van der Waals surface area contributed by atoms with Crippen LogP contribution in [0.4, 0.5) is 5.69 Å². The second kappa shape index (κ2) is 4.35. The van der Waals surface area contributed by atoms with Crippen molar-refractivity contribution in [3.05, 3.63) is 58.0 Å². The standard InChI is InChI=1S/C14H13N3O2/c1-16-13(18)7-6-11(15-16)14(19)17-9-8-10-4-2-3-5-12(10)17/h2-7H,8-9H2,1H3. The molecule has 1 aliphatic heterocycles. The van der Waals surface area contributed by atoms with Gasteiger partial charge in [0.25, 0.3) is 11.5 Å². The molecule has 2 heterocycles. The van der Waals surface area contributed by atoms with Gasteiger partial charge in [0.15, 0.2) is 0 Å². The summed E-state index contributed by atoms with van der Waals surface area (Å²) in [6, 6.07) is 10.7. The Balaban J connectivity index is 1.97. The molecular weight excluding hydrogens is 242 g/mol. The summed E-state index contributed by atoms with van der Waals surface area (Å²) in [6.07, 6.45) is 0.855. The second-order valence-electron chi connectivity index (χ2n) is 4.52. The quantitative estimate of drug-likeness (QED) is 0.763. The average Bonchev–Trinajstić information content (AvgIpc) is 2.85. The van der Waals surface area contributed by atoms with Crippen LogP contribution in [-0.2, 0) is 13.5 Å². The van der Waals surface area contributed by atoms with E-state index in [0.29, 0.717) is 12.2 Å². The van der Waals surface area contributed by atoms with Crippen LogP contribution in [0.15, 0.2) is 41.2 Å². The zero-order valence-corrected chi connectivity index (χ0v) is 10.5. The molecule has 0 atom stereocenters. The van der Waals surface area contributed by atoms with Crippen LogP contribution in [0.2, 0.25) is 0 Å². The Bertz CT molecular complexity index is 706. The van der Waals surface area contributed by atoms with Gasteiger partial charge in [0.05, 0.1) is 0 Å². The molecule has 96 valence electrons. The van der Waals surface area contributed by atoms with Crippen LogP contribution in [-0.4, -0.2) is 22.2 Å². The number of anilines is 1. The van der Waals surface area contributed by atoms with E-state index in [-0.39, 0.29) is 11.5 Å². The van der Waals surface area contributed by atoms with E-state index in [1.807, 2.05) is 24.3 Å². The van der Waals surface area contributed by atoms with Gasteiger partial charge in [-0.3, -0.25) is 9.59 Å². The van der Waals surface area contributed by atoms with Gasteiger partial charge in [-0.15, -0.1) is 0 Å². The summed E-state index contributed by atoms with van der Waals surface area (Å²) in [5.74, 6) is -0.166. The van der Waals surface area contributed by atoms with Gasteiger partial charge in [0.1, 0.15) is 5.69 Å². The molecule has 3 rings (SSSR count). The number of rotatable bonds is 1. The molecule has 19 heavy (non-hydrogen) atoms.